The Balaban J connectivity index is 3.66. The van der Waals surface area contributed by atoms with Crippen molar-refractivity contribution in [3.63, 3.8) is 0 Å². The second kappa shape index (κ2) is 3.95. The van der Waals surface area contributed by atoms with Crippen molar-refractivity contribution < 1.29 is 13.2 Å². The molecule has 0 aliphatic carbocycles. The summed E-state index contributed by atoms with van der Waals surface area (Å²) in [5, 5.41) is 8.93. The van der Waals surface area contributed by atoms with Crippen LogP contribution in [0.5, 0.6) is 0 Å². The predicted molar refractivity (Wildman–Crippen MR) is 59.3 cm³/mol. The molecule has 0 amide bonds. The van der Waals surface area contributed by atoms with Crippen LogP contribution in [0.15, 0.2) is 12.1 Å². The van der Waals surface area contributed by atoms with Crippen molar-refractivity contribution in [2.45, 2.75) is 32.4 Å². The lowest BCUT2D eigenvalue weighted by molar-refractivity contribution is -0.137. The lowest BCUT2D eigenvalue weighted by Gasteiger charge is -2.23. The van der Waals surface area contributed by atoms with Gasteiger partial charge in [0.05, 0.1) is 11.1 Å². The van der Waals surface area contributed by atoms with Crippen molar-refractivity contribution in [2.75, 3.05) is 5.73 Å². The van der Waals surface area contributed by atoms with E-state index in [1.165, 1.54) is 6.07 Å². The van der Waals surface area contributed by atoms with Gasteiger partial charge in [0.1, 0.15) is 6.07 Å². The fourth-order valence-electron chi connectivity index (χ4n) is 1.60. The van der Waals surface area contributed by atoms with Crippen molar-refractivity contribution in [1.29, 1.82) is 5.26 Å². The molecule has 2 nitrogen and oxygen atoms in total. The van der Waals surface area contributed by atoms with Gasteiger partial charge in [0.25, 0.3) is 0 Å². The third-order valence-electron chi connectivity index (χ3n) is 2.39. The molecule has 1 aromatic carbocycles. The molecule has 0 saturated carbocycles. The molecule has 1 aromatic rings. The Morgan fingerprint density at radius 3 is 1.94 bits per heavy atom. The average molecular weight is 242 g/mol. The molecule has 2 N–H and O–H groups in total. The summed E-state index contributed by atoms with van der Waals surface area (Å²) in [6, 6.07) is 3.85. The number of rotatable bonds is 0. The number of anilines is 1. The highest BCUT2D eigenvalue weighted by atomic mass is 19.4. The normalized spacial score (nSPS) is 12.3. The Kier molecular flexibility index (Phi) is 3.11. The van der Waals surface area contributed by atoms with E-state index in [4.69, 9.17) is 11.0 Å². The molecule has 0 atom stereocenters. The van der Waals surface area contributed by atoms with Crippen LogP contribution >= 0.6 is 0 Å². The first kappa shape index (κ1) is 13.4. The Bertz CT molecular complexity index is 441. The SMILES string of the molecule is CC(C)(C)c1cc(N)cc(C(F)(F)F)c1C#N. The van der Waals surface area contributed by atoms with Gasteiger partial charge in [0.2, 0.25) is 0 Å². The van der Waals surface area contributed by atoms with Gasteiger partial charge >= 0.3 is 6.18 Å². The standard InChI is InChI=1S/C12H13F3N2/c1-11(2,3)9-4-7(17)5-10(8(9)6-16)12(13,14)15/h4-5H,17H2,1-3H3. The molecule has 92 valence electrons. The molecule has 0 radical (unpaired) electrons. The zero-order chi connectivity index (χ0) is 13.4. The molecule has 0 aliphatic rings. The molecule has 0 spiro atoms. The molecule has 0 bridgehead atoms. The topological polar surface area (TPSA) is 49.8 Å². The van der Waals surface area contributed by atoms with Crippen LogP contribution in [0.1, 0.15) is 37.5 Å². The number of alkyl halides is 3. The first-order valence-electron chi connectivity index (χ1n) is 4.98. The highest BCUT2D eigenvalue weighted by Crippen LogP contribution is 2.38. The first-order valence-corrected chi connectivity index (χ1v) is 4.98. The van der Waals surface area contributed by atoms with Gasteiger partial charge < -0.3 is 5.73 Å². The van der Waals surface area contributed by atoms with Crippen molar-refractivity contribution in [1.82, 2.24) is 0 Å². The highest BCUT2D eigenvalue weighted by Gasteiger charge is 2.36. The molecule has 0 aliphatic heterocycles. The Hall–Kier alpha value is -1.70. The van der Waals surface area contributed by atoms with Gasteiger partial charge in [-0.15, -0.1) is 0 Å². The molecular formula is C12H13F3N2. The molecule has 1 rings (SSSR count). The minimum absolute atomic E-state index is 0.0150. The number of nitrogens with zero attached hydrogens (tertiary/aromatic N) is 1. The van der Waals surface area contributed by atoms with E-state index < -0.39 is 17.2 Å². The second-order valence-corrected chi connectivity index (χ2v) is 4.85. The zero-order valence-corrected chi connectivity index (χ0v) is 9.81. The van der Waals surface area contributed by atoms with E-state index in [1.807, 2.05) is 0 Å². The number of nitrogen functional groups attached to an aromatic ring is 1. The van der Waals surface area contributed by atoms with Crippen LogP contribution in [0, 0.1) is 11.3 Å². The van der Waals surface area contributed by atoms with E-state index >= 15 is 0 Å². The van der Waals surface area contributed by atoms with E-state index in [0.29, 0.717) is 5.56 Å². The molecule has 0 aromatic heterocycles. The van der Waals surface area contributed by atoms with E-state index in [2.05, 4.69) is 0 Å². The molecule has 5 heteroatoms. The Morgan fingerprint density at radius 2 is 1.59 bits per heavy atom. The summed E-state index contributed by atoms with van der Waals surface area (Å²) in [6.07, 6.45) is -4.57. The van der Waals surface area contributed by atoms with Crippen molar-refractivity contribution in [2.24, 2.45) is 0 Å². The van der Waals surface area contributed by atoms with E-state index in [9.17, 15) is 13.2 Å². The van der Waals surface area contributed by atoms with Crippen molar-refractivity contribution in [3.8, 4) is 6.07 Å². The quantitative estimate of drug-likeness (QED) is 0.708. The maximum atomic E-state index is 12.8. The number of nitriles is 1. The molecule has 0 fully saturated rings. The van der Waals surface area contributed by atoms with Crippen LogP contribution in [0.3, 0.4) is 0 Å². The maximum Gasteiger partial charge on any atom is 0.417 e. The fourth-order valence-corrected chi connectivity index (χ4v) is 1.60. The summed E-state index contributed by atoms with van der Waals surface area (Å²) >= 11 is 0. The van der Waals surface area contributed by atoms with Crippen LogP contribution in [0.25, 0.3) is 0 Å². The number of halogens is 3. The van der Waals surface area contributed by atoms with Gasteiger partial charge in [-0.3, -0.25) is 0 Å². The number of benzene rings is 1. The van der Waals surface area contributed by atoms with Gasteiger partial charge in [0, 0.05) is 5.69 Å². The largest absolute Gasteiger partial charge is 0.417 e. The van der Waals surface area contributed by atoms with Gasteiger partial charge in [-0.05, 0) is 23.1 Å². The van der Waals surface area contributed by atoms with E-state index in [1.54, 1.807) is 26.8 Å². The molecule has 0 saturated heterocycles. The Morgan fingerprint density at radius 1 is 1.12 bits per heavy atom. The smallest absolute Gasteiger partial charge is 0.399 e. The van der Waals surface area contributed by atoms with Gasteiger partial charge in [-0.25, -0.2) is 0 Å². The van der Waals surface area contributed by atoms with Gasteiger partial charge in [-0.1, -0.05) is 20.8 Å². The van der Waals surface area contributed by atoms with Crippen LogP contribution in [0.2, 0.25) is 0 Å². The summed E-state index contributed by atoms with van der Waals surface area (Å²) in [7, 11) is 0. The summed E-state index contributed by atoms with van der Waals surface area (Å²) in [5.74, 6) is 0. The summed E-state index contributed by atoms with van der Waals surface area (Å²) in [4.78, 5) is 0. The number of hydrogen-bond acceptors (Lipinski definition) is 2. The minimum atomic E-state index is -4.57. The zero-order valence-electron chi connectivity index (χ0n) is 9.81. The Labute approximate surface area is 97.9 Å². The van der Waals surface area contributed by atoms with Crippen LogP contribution in [-0.2, 0) is 11.6 Å². The summed E-state index contributed by atoms with van der Waals surface area (Å²) < 4.78 is 38.3. The summed E-state index contributed by atoms with van der Waals surface area (Å²) in [6.45, 7) is 5.22. The maximum absolute atomic E-state index is 12.8. The molecular weight excluding hydrogens is 229 g/mol. The second-order valence-electron chi connectivity index (χ2n) is 4.85. The van der Waals surface area contributed by atoms with Crippen LogP contribution in [-0.4, -0.2) is 0 Å². The fraction of sp³-hybridized carbons (Fsp3) is 0.417. The van der Waals surface area contributed by atoms with E-state index in [0.717, 1.165) is 6.07 Å². The molecule has 0 unspecified atom stereocenters. The monoisotopic (exact) mass is 242 g/mol. The van der Waals surface area contributed by atoms with Gasteiger partial charge in [0.15, 0.2) is 0 Å². The van der Waals surface area contributed by atoms with Crippen LogP contribution < -0.4 is 5.73 Å². The predicted octanol–water partition coefficient (Wildman–Crippen LogP) is 3.46. The lowest BCUT2D eigenvalue weighted by Crippen LogP contribution is -2.18. The lowest BCUT2D eigenvalue weighted by atomic mass is 9.82. The molecule has 17 heavy (non-hydrogen) atoms. The average Bonchev–Trinajstić information content (AvgIpc) is 2.13. The third kappa shape index (κ3) is 2.70. The minimum Gasteiger partial charge on any atom is -0.399 e. The first-order chi connectivity index (χ1) is 7.57. The number of nitrogens with two attached hydrogens (primary N) is 1. The van der Waals surface area contributed by atoms with Crippen molar-refractivity contribution in [3.05, 3.63) is 28.8 Å². The van der Waals surface area contributed by atoms with Gasteiger partial charge in [-0.2, -0.15) is 18.4 Å². The van der Waals surface area contributed by atoms with Crippen molar-refractivity contribution >= 4 is 5.69 Å². The third-order valence-corrected chi connectivity index (χ3v) is 2.39. The molecule has 0 heterocycles. The number of hydrogen-bond donors (Lipinski definition) is 1. The highest BCUT2D eigenvalue weighted by molar-refractivity contribution is 5.57. The van der Waals surface area contributed by atoms with Crippen LogP contribution in [0.4, 0.5) is 18.9 Å². The summed E-state index contributed by atoms with van der Waals surface area (Å²) in [5.41, 5.74) is 3.91. The van der Waals surface area contributed by atoms with E-state index in [-0.39, 0.29) is 11.3 Å².